The molecule has 0 aliphatic carbocycles. The Morgan fingerprint density at radius 2 is 1.71 bits per heavy atom. The molecule has 0 radical (unpaired) electrons. The predicted molar refractivity (Wildman–Crippen MR) is 73.2 cm³/mol. The summed E-state index contributed by atoms with van der Waals surface area (Å²) in [6.45, 7) is 2.14. The van der Waals surface area contributed by atoms with Crippen LogP contribution in [0.15, 0.2) is 42.5 Å². The summed E-state index contributed by atoms with van der Waals surface area (Å²) in [5, 5.41) is 0. The SMILES string of the molecule is CCN(Cc1ccc(F)c(F)c1)C(=O)c1ccccc1F. The van der Waals surface area contributed by atoms with Gasteiger partial charge in [0.2, 0.25) is 0 Å². The van der Waals surface area contributed by atoms with Crippen molar-refractivity contribution in [3.05, 3.63) is 71.0 Å². The highest BCUT2D eigenvalue weighted by atomic mass is 19.2. The van der Waals surface area contributed by atoms with Gasteiger partial charge < -0.3 is 4.90 Å². The van der Waals surface area contributed by atoms with E-state index in [2.05, 4.69) is 0 Å². The Bertz CT molecular complexity index is 658. The first-order valence-electron chi connectivity index (χ1n) is 6.50. The van der Waals surface area contributed by atoms with E-state index in [0.29, 0.717) is 12.1 Å². The van der Waals surface area contributed by atoms with Crippen molar-refractivity contribution in [1.29, 1.82) is 0 Å². The van der Waals surface area contributed by atoms with E-state index in [4.69, 9.17) is 0 Å². The van der Waals surface area contributed by atoms with Crippen molar-refractivity contribution in [1.82, 2.24) is 4.90 Å². The number of rotatable bonds is 4. The third-order valence-electron chi connectivity index (χ3n) is 3.13. The van der Waals surface area contributed by atoms with Gasteiger partial charge >= 0.3 is 0 Å². The number of amides is 1. The Balaban J connectivity index is 2.21. The van der Waals surface area contributed by atoms with E-state index >= 15 is 0 Å². The van der Waals surface area contributed by atoms with Gasteiger partial charge in [-0.15, -0.1) is 0 Å². The molecule has 0 aliphatic heterocycles. The van der Waals surface area contributed by atoms with Crippen LogP contribution in [0.25, 0.3) is 0 Å². The van der Waals surface area contributed by atoms with Crippen LogP contribution in [0.5, 0.6) is 0 Å². The second-order valence-corrected chi connectivity index (χ2v) is 4.55. The van der Waals surface area contributed by atoms with Gasteiger partial charge in [-0.05, 0) is 36.8 Å². The smallest absolute Gasteiger partial charge is 0.257 e. The average Bonchev–Trinajstić information content (AvgIpc) is 2.48. The molecule has 0 fully saturated rings. The number of nitrogens with zero attached hydrogens (tertiary/aromatic N) is 1. The van der Waals surface area contributed by atoms with Crippen LogP contribution in [-0.4, -0.2) is 17.4 Å². The summed E-state index contributed by atoms with van der Waals surface area (Å²) < 4.78 is 39.7. The normalized spacial score (nSPS) is 10.5. The van der Waals surface area contributed by atoms with E-state index in [9.17, 15) is 18.0 Å². The molecule has 0 atom stereocenters. The number of halogens is 3. The Morgan fingerprint density at radius 1 is 1.00 bits per heavy atom. The van der Waals surface area contributed by atoms with E-state index in [1.54, 1.807) is 13.0 Å². The first kappa shape index (κ1) is 15.1. The van der Waals surface area contributed by atoms with Crippen LogP contribution < -0.4 is 0 Å². The summed E-state index contributed by atoms with van der Waals surface area (Å²) in [4.78, 5) is 13.6. The Kier molecular flexibility index (Phi) is 4.62. The van der Waals surface area contributed by atoms with E-state index in [1.807, 2.05) is 0 Å². The summed E-state index contributed by atoms with van der Waals surface area (Å²) in [6.07, 6.45) is 0. The highest BCUT2D eigenvalue weighted by Gasteiger charge is 2.18. The summed E-state index contributed by atoms with van der Waals surface area (Å²) >= 11 is 0. The number of benzene rings is 2. The van der Waals surface area contributed by atoms with Gasteiger partial charge in [0.25, 0.3) is 5.91 Å². The first-order chi connectivity index (χ1) is 10.0. The lowest BCUT2D eigenvalue weighted by Gasteiger charge is -2.21. The van der Waals surface area contributed by atoms with Gasteiger partial charge in [0, 0.05) is 13.1 Å². The topological polar surface area (TPSA) is 20.3 Å². The minimum Gasteiger partial charge on any atom is -0.335 e. The van der Waals surface area contributed by atoms with Gasteiger partial charge in [-0.25, -0.2) is 13.2 Å². The van der Waals surface area contributed by atoms with Crippen molar-refractivity contribution in [2.24, 2.45) is 0 Å². The molecule has 2 aromatic rings. The lowest BCUT2D eigenvalue weighted by molar-refractivity contribution is 0.0747. The largest absolute Gasteiger partial charge is 0.335 e. The third-order valence-corrected chi connectivity index (χ3v) is 3.13. The summed E-state index contributed by atoms with van der Waals surface area (Å²) in [7, 11) is 0. The molecule has 21 heavy (non-hydrogen) atoms. The molecule has 0 aromatic heterocycles. The minimum absolute atomic E-state index is 0.0399. The van der Waals surface area contributed by atoms with E-state index in [-0.39, 0.29) is 12.1 Å². The van der Waals surface area contributed by atoms with Crippen LogP contribution in [0.1, 0.15) is 22.8 Å². The van der Waals surface area contributed by atoms with Gasteiger partial charge in [-0.2, -0.15) is 0 Å². The van der Waals surface area contributed by atoms with Crippen LogP contribution in [0, 0.1) is 17.5 Å². The Morgan fingerprint density at radius 3 is 2.33 bits per heavy atom. The Labute approximate surface area is 120 Å². The third kappa shape index (κ3) is 3.42. The highest BCUT2D eigenvalue weighted by Crippen LogP contribution is 2.15. The molecule has 2 rings (SSSR count). The minimum atomic E-state index is -0.970. The van der Waals surface area contributed by atoms with Gasteiger partial charge in [0.15, 0.2) is 11.6 Å². The summed E-state index contributed by atoms with van der Waals surface area (Å²) in [5.74, 6) is -3.00. The second-order valence-electron chi connectivity index (χ2n) is 4.55. The fourth-order valence-electron chi connectivity index (χ4n) is 1.99. The van der Waals surface area contributed by atoms with Crippen LogP contribution in [0.2, 0.25) is 0 Å². The van der Waals surface area contributed by atoms with E-state index < -0.39 is 23.4 Å². The van der Waals surface area contributed by atoms with E-state index in [0.717, 1.165) is 12.1 Å². The van der Waals surface area contributed by atoms with Gasteiger partial charge in [0.1, 0.15) is 5.82 Å². The maximum absolute atomic E-state index is 13.6. The first-order valence-corrected chi connectivity index (χ1v) is 6.50. The second kappa shape index (κ2) is 6.43. The average molecular weight is 293 g/mol. The zero-order valence-corrected chi connectivity index (χ0v) is 11.4. The Hall–Kier alpha value is -2.30. The molecule has 0 saturated carbocycles. The zero-order valence-electron chi connectivity index (χ0n) is 11.4. The fourth-order valence-corrected chi connectivity index (χ4v) is 1.99. The lowest BCUT2D eigenvalue weighted by atomic mass is 10.1. The predicted octanol–water partition coefficient (Wildman–Crippen LogP) is 3.77. The van der Waals surface area contributed by atoms with Crippen LogP contribution >= 0.6 is 0 Å². The molecule has 0 spiro atoms. The van der Waals surface area contributed by atoms with E-state index in [1.165, 1.54) is 29.2 Å². The number of hydrogen-bond donors (Lipinski definition) is 0. The number of carbonyl (C=O) groups is 1. The van der Waals surface area contributed by atoms with Crippen molar-refractivity contribution >= 4 is 5.91 Å². The molecule has 2 nitrogen and oxygen atoms in total. The zero-order chi connectivity index (χ0) is 15.4. The van der Waals surface area contributed by atoms with Crippen molar-refractivity contribution in [2.45, 2.75) is 13.5 Å². The van der Waals surface area contributed by atoms with Crippen LogP contribution in [0.4, 0.5) is 13.2 Å². The van der Waals surface area contributed by atoms with Crippen molar-refractivity contribution < 1.29 is 18.0 Å². The highest BCUT2D eigenvalue weighted by molar-refractivity contribution is 5.94. The monoisotopic (exact) mass is 293 g/mol. The van der Waals surface area contributed by atoms with Crippen LogP contribution in [-0.2, 0) is 6.54 Å². The molecule has 0 unspecified atom stereocenters. The van der Waals surface area contributed by atoms with Gasteiger partial charge in [0.05, 0.1) is 5.56 Å². The standard InChI is InChI=1S/C16H14F3NO/c1-2-20(10-11-7-8-14(18)15(19)9-11)16(21)12-5-3-4-6-13(12)17/h3-9H,2,10H2,1H3. The summed E-state index contributed by atoms with van der Waals surface area (Å²) in [6, 6.07) is 9.11. The molecular formula is C16H14F3NO. The molecule has 0 saturated heterocycles. The van der Waals surface area contributed by atoms with Crippen molar-refractivity contribution in [3.8, 4) is 0 Å². The molecule has 0 aliphatic rings. The van der Waals surface area contributed by atoms with Crippen molar-refractivity contribution in [3.63, 3.8) is 0 Å². The molecule has 0 N–H and O–H groups in total. The molecule has 110 valence electrons. The van der Waals surface area contributed by atoms with Crippen molar-refractivity contribution in [2.75, 3.05) is 6.54 Å². The summed E-state index contributed by atoms with van der Waals surface area (Å²) in [5.41, 5.74) is 0.405. The van der Waals surface area contributed by atoms with Crippen LogP contribution in [0.3, 0.4) is 0 Å². The van der Waals surface area contributed by atoms with Gasteiger partial charge in [-0.3, -0.25) is 4.79 Å². The molecule has 2 aromatic carbocycles. The molecule has 0 heterocycles. The quantitative estimate of drug-likeness (QED) is 0.840. The molecular weight excluding hydrogens is 279 g/mol. The number of carbonyl (C=O) groups excluding carboxylic acids is 1. The molecule has 5 heteroatoms. The fraction of sp³-hybridized carbons (Fsp3) is 0.188. The maximum atomic E-state index is 13.6. The van der Waals surface area contributed by atoms with Gasteiger partial charge in [-0.1, -0.05) is 18.2 Å². The number of hydrogen-bond acceptors (Lipinski definition) is 1. The lowest BCUT2D eigenvalue weighted by Crippen LogP contribution is -2.31. The molecule has 0 bridgehead atoms. The molecule has 1 amide bonds. The maximum Gasteiger partial charge on any atom is 0.257 e.